The Morgan fingerprint density at radius 1 is 1.40 bits per heavy atom. The molecule has 0 aliphatic rings. The van der Waals surface area contributed by atoms with E-state index in [1.807, 2.05) is 0 Å². The predicted octanol–water partition coefficient (Wildman–Crippen LogP) is 2.97. The van der Waals surface area contributed by atoms with Crippen molar-refractivity contribution in [2.24, 2.45) is 5.41 Å². The quantitative estimate of drug-likeness (QED) is 0.581. The first-order valence-corrected chi connectivity index (χ1v) is 4.10. The van der Waals surface area contributed by atoms with E-state index >= 15 is 0 Å². The second-order valence-electron chi connectivity index (χ2n) is 3.05. The number of hydrogen-bond acceptors (Lipinski definition) is 1. The molecule has 0 radical (unpaired) electrons. The summed E-state index contributed by atoms with van der Waals surface area (Å²) in [5, 5.41) is -0.216. The smallest absolute Gasteiger partial charge is 0.222 e. The van der Waals surface area contributed by atoms with E-state index in [0.717, 1.165) is 12.8 Å². The van der Waals surface area contributed by atoms with Crippen LogP contribution in [0.4, 0.5) is 0 Å². The average molecular weight is 163 g/mol. The first kappa shape index (κ1) is 9.96. The highest BCUT2D eigenvalue weighted by atomic mass is 35.5. The molecule has 0 N–H and O–H groups in total. The molecule has 0 unspecified atom stereocenters. The molecule has 1 nitrogen and oxygen atoms in total. The molecule has 0 aromatic carbocycles. The Labute approximate surface area is 67.8 Å². The van der Waals surface area contributed by atoms with Gasteiger partial charge in [0.05, 0.1) is 0 Å². The Morgan fingerprint density at radius 3 is 1.90 bits per heavy atom. The molecule has 10 heavy (non-hydrogen) atoms. The minimum absolute atomic E-state index is 0.124. The highest BCUT2D eigenvalue weighted by molar-refractivity contribution is 6.63. The molecular weight excluding hydrogens is 148 g/mol. The number of halogens is 1. The van der Waals surface area contributed by atoms with Crippen LogP contribution in [0.15, 0.2) is 0 Å². The molecule has 0 amide bonds. The number of hydrogen-bond donors (Lipinski definition) is 0. The summed E-state index contributed by atoms with van der Waals surface area (Å²) in [6, 6.07) is 0. The Bertz CT molecular complexity index is 116. The molecule has 60 valence electrons. The van der Waals surface area contributed by atoms with Crippen LogP contribution in [-0.4, -0.2) is 5.24 Å². The summed E-state index contributed by atoms with van der Waals surface area (Å²) in [5.41, 5.74) is 0.124. The third-order valence-corrected chi connectivity index (χ3v) is 2.41. The van der Waals surface area contributed by atoms with E-state index in [0.29, 0.717) is 6.42 Å². The summed E-state index contributed by atoms with van der Waals surface area (Å²) in [5.74, 6) is 0. The fourth-order valence-corrected chi connectivity index (χ4v) is 1.16. The summed E-state index contributed by atoms with van der Waals surface area (Å²) < 4.78 is 0. The minimum atomic E-state index is -0.216. The van der Waals surface area contributed by atoms with Gasteiger partial charge in [0.25, 0.3) is 0 Å². The monoisotopic (exact) mass is 162 g/mol. The zero-order chi connectivity index (χ0) is 8.20. The van der Waals surface area contributed by atoms with E-state index in [1.54, 1.807) is 0 Å². The van der Waals surface area contributed by atoms with Gasteiger partial charge in [-0.05, 0) is 17.0 Å². The van der Waals surface area contributed by atoms with Crippen molar-refractivity contribution in [3.63, 3.8) is 0 Å². The van der Waals surface area contributed by atoms with Gasteiger partial charge in [-0.25, -0.2) is 0 Å². The standard InChI is InChI=1S/C8H15ClO/c1-4-8(3,5-2)6-7(9)10/h4-6H2,1-3H3. The van der Waals surface area contributed by atoms with E-state index in [4.69, 9.17) is 11.6 Å². The van der Waals surface area contributed by atoms with Gasteiger partial charge in [-0.1, -0.05) is 33.6 Å². The van der Waals surface area contributed by atoms with E-state index in [-0.39, 0.29) is 10.7 Å². The molecular formula is C8H15ClO. The zero-order valence-electron chi connectivity index (χ0n) is 6.91. The molecule has 0 saturated heterocycles. The van der Waals surface area contributed by atoms with Crippen LogP contribution in [-0.2, 0) is 4.79 Å². The van der Waals surface area contributed by atoms with Crippen molar-refractivity contribution in [3.05, 3.63) is 0 Å². The molecule has 0 aromatic heterocycles. The first-order valence-electron chi connectivity index (χ1n) is 3.72. The van der Waals surface area contributed by atoms with Gasteiger partial charge in [-0.2, -0.15) is 0 Å². The summed E-state index contributed by atoms with van der Waals surface area (Å²) in [7, 11) is 0. The molecule has 0 heterocycles. The second-order valence-corrected chi connectivity index (χ2v) is 3.47. The van der Waals surface area contributed by atoms with Crippen LogP contribution >= 0.6 is 11.6 Å². The third-order valence-electron chi connectivity index (χ3n) is 2.27. The Morgan fingerprint density at radius 2 is 1.80 bits per heavy atom. The van der Waals surface area contributed by atoms with Crippen molar-refractivity contribution in [1.82, 2.24) is 0 Å². The van der Waals surface area contributed by atoms with Crippen LogP contribution in [0.1, 0.15) is 40.0 Å². The fourth-order valence-electron chi connectivity index (χ4n) is 0.836. The molecule has 0 aromatic rings. The third kappa shape index (κ3) is 3.21. The number of carbonyl (C=O) groups excluding carboxylic acids is 1. The van der Waals surface area contributed by atoms with Gasteiger partial charge in [-0.3, -0.25) is 4.79 Å². The molecule has 0 aliphatic heterocycles. The molecule has 0 spiro atoms. The lowest BCUT2D eigenvalue weighted by molar-refractivity contribution is -0.113. The van der Waals surface area contributed by atoms with Crippen LogP contribution in [0.25, 0.3) is 0 Å². The van der Waals surface area contributed by atoms with Crippen LogP contribution in [0.5, 0.6) is 0 Å². The zero-order valence-corrected chi connectivity index (χ0v) is 7.66. The van der Waals surface area contributed by atoms with Crippen molar-refractivity contribution in [1.29, 1.82) is 0 Å². The average Bonchev–Trinajstić information content (AvgIpc) is 1.87. The maximum Gasteiger partial charge on any atom is 0.222 e. The van der Waals surface area contributed by atoms with Gasteiger partial charge in [0, 0.05) is 6.42 Å². The van der Waals surface area contributed by atoms with Gasteiger partial charge in [0.15, 0.2) is 0 Å². The van der Waals surface area contributed by atoms with Gasteiger partial charge in [0.2, 0.25) is 5.24 Å². The summed E-state index contributed by atoms with van der Waals surface area (Å²) in [4.78, 5) is 10.5. The van der Waals surface area contributed by atoms with E-state index < -0.39 is 0 Å². The number of carbonyl (C=O) groups is 1. The second kappa shape index (κ2) is 3.97. The molecule has 0 rings (SSSR count). The van der Waals surface area contributed by atoms with Gasteiger partial charge in [-0.15, -0.1) is 0 Å². The highest BCUT2D eigenvalue weighted by Gasteiger charge is 2.21. The van der Waals surface area contributed by atoms with Crippen molar-refractivity contribution in [2.75, 3.05) is 0 Å². The van der Waals surface area contributed by atoms with Crippen LogP contribution in [0.3, 0.4) is 0 Å². The summed E-state index contributed by atoms with van der Waals surface area (Å²) in [6.45, 7) is 6.26. The minimum Gasteiger partial charge on any atom is -0.281 e. The van der Waals surface area contributed by atoms with E-state index in [9.17, 15) is 4.79 Å². The lowest BCUT2D eigenvalue weighted by Crippen LogP contribution is -2.16. The highest BCUT2D eigenvalue weighted by Crippen LogP contribution is 2.30. The first-order chi connectivity index (χ1) is 4.54. The fraction of sp³-hybridized carbons (Fsp3) is 0.875. The van der Waals surface area contributed by atoms with Crippen molar-refractivity contribution >= 4 is 16.8 Å². The van der Waals surface area contributed by atoms with Gasteiger partial charge in [0.1, 0.15) is 0 Å². The van der Waals surface area contributed by atoms with Gasteiger partial charge < -0.3 is 0 Å². The SMILES string of the molecule is CCC(C)(CC)CC(=O)Cl. The van der Waals surface area contributed by atoms with E-state index in [1.165, 1.54) is 0 Å². The van der Waals surface area contributed by atoms with Crippen molar-refractivity contribution in [2.45, 2.75) is 40.0 Å². The van der Waals surface area contributed by atoms with E-state index in [2.05, 4.69) is 20.8 Å². The van der Waals surface area contributed by atoms with Crippen molar-refractivity contribution in [3.8, 4) is 0 Å². The Balaban J connectivity index is 3.92. The largest absolute Gasteiger partial charge is 0.281 e. The summed E-state index contributed by atoms with van der Waals surface area (Å²) >= 11 is 5.28. The van der Waals surface area contributed by atoms with Crippen molar-refractivity contribution < 1.29 is 4.79 Å². The Kier molecular flexibility index (Phi) is 3.95. The molecule has 0 aliphatic carbocycles. The molecule has 0 saturated carbocycles. The summed E-state index contributed by atoms with van der Waals surface area (Å²) in [6.07, 6.45) is 2.53. The molecule has 0 atom stereocenters. The molecule has 0 bridgehead atoms. The van der Waals surface area contributed by atoms with Crippen LogP contribution in [0, 0.1) is 5.41 Å². The lowest BCUT2D eigenvalue weighted by Gasteiger charge is -2.23. The van der Waals surface area contributed by atoms with Crippen LogP contribution in [0.2, 0.25) is 0 Å². The molecule has 0 fully saturated rings. The normalized spacial score (nSPS) is 11.6. The predicted molar refractivity (Wildman–Crippen MR) is 44.2 cm³/mol. The molecule has 2 heteroatoms. The topological polar surface area (TPSA) is 17.1 Å². The lowest BCUT2D eigenvalue weighted by atomic mass is 9.82. The number of rotatable bonds is 4. The Hall–Kier alpha value is -0.0400. The van der Waals surface area contributed by atoms with Crippen LogP contribution < -0.4 is 0 Å². The maximum absolute atomic E-state index is 10.5. The van der Waals surface area contributed by atoms with Gasteiger partial charge >= 0.3 is 0 Å². The maximum atomic E-state index is 10.5.